The Kier molecular flexibility index (Phi) is 10.7. The molecule has 11 heteroatoms. The Bertz CT molecular complexity index is 1970. The van der Waals surface area contributed by atoms with Crippen molar-refractivity contribution >= 4 is 46.1 Å². The molecule has 1 amide bonds. The molecular formula is C38H46N10O. The number of hydrogen-bond acceptors (Lipinski definition) is 9. The number of likely N-dealkylation sites (N-methyl/N-ethyl adjacent to an activating group) is 1. The molecule has 2 aromatic carbocycles. The topological polar surface area (TPSA) is 125 Å². The SMILES string of the molecule is CNC1CCC(/C=N/c2nc(NCc3ccccc3-c3nccc4cc(NC(=O)/C=C/CN(C)C)ccc34)n3ncc(C(C)C)c3n2)CC1. The molecule has 0 aliphatic heterocycles. The van der Waals surface area contributed by atoms with Crippen molar-refractivity contribution in [3.8, 4) is 11.3 Å². The third kappa shape index (κ3) is 8.18. The molecule has 0 unspecified atom stereocenters. The minimum absolute atomic E-state index is 0.158. The van der Waals surface area contributed by atoms with Gasteiger partial charge < -0.3 is 20.9 Å². The van der Waals surface area contributed by atoms with Gasteiger partial charge in [0.25, 0.3) is 5.95 Å². The Morgan fingerprint density at radius 3 is 2.67 bits per heavy atom. The molecule has 1 aliphatic rings. The van der Waals surface area contributed by atoms with Crippen LogP contribution < -0.4 is 16.0 Å². The summed E-state index contributed by atoms with van der Waals surface area (Å²) in [5, 5.41) is 16.5. The number of hydrogen-bond donors (Lipinski definition) is 3. The van der Waals surface area contributed by atoms with Crippen molar-refractivity contribution in [2.45, 2.75) is 58.0 Å². The number of benzene rings is 2. The summed E-state index contributed by atoms with van der Waals surface area (Å²) in [6.45, 7) is 5.47. The maximum atomic E-state index is 12.5. The zero-order valence-corrected chi connectivity index (χ0v) is 29.0. The molecule has 0 bridgehead atoms. The summed E-state index contributed by atoms with van der Waals surface area (Å²) in [5.74, 6) is 1.54. The van der Waals surface area contributed by atoms with Gasteiger partial charge in [-0.2, -0.15) is 19.6 Å². The number of carbonyl (C=O) groups excluding carboxylic acids is 1. The second-order valence-electron chi connectivity index (χ2n) is 13.3. The van der Waals surface area contributed by atoms with E-state index < -0.39 is 0 Å². The van der Waals surface area contributed by atoms with Crippen molar-refractivity contribution in [1.82, 2.24) is 34.8 Å². The zero-order chi connectivity index (χ0) is 34.3. The number of aromatic nitrogens is 5. The van der Waals surface area contributed by atoms with Crippen LogP contribution in [0.4, 0.5) is 17.6 Å². The zero-order valence-electron chi connectivity index (χ0n) is 29.0. The molecule has 0 radical (unpaired) electrons. The van der Waals surface area contributed by atoms with Crippen LogP contribution in [0.15, 0.2) is 78.1 Å². The summed E-state index contributed by atoms with van der Waals surface area (Å²) in [6.07, 6.45) is 13.6. The third-order valence-corrected chi connectivity index (χ3v) is 9.07. The maximum Gasteiger partial charge on any atom is 0.254 e. The lowest BCUT2D eigenvalue weighted by Gasteiger charge is -2.25. The highest BCUT2D eigenvalue weighted by Crippen LogP contribution is 2.32. The van der Waals surface area contributed by atoms with Crippen LogP contribution in [0.3, 0.4) is 0 Å². The fraction of sp³-hybridized carbons (Fsp3) is 0.368. The van der Waals surface area contributed by atoms with Crippen molar-refractivity contribution in [2.24, 2.45) is 10.9 Å². The summed E-state index contributed by atoms with van der Waals surface area (Å²) in [4.78, 5) is 33.7. The van der Waals surface area contributed by atoms with E-state index in [-0.39, 0.29) is 11.8 Å². The average molecular weight is 659 g/mol. The molecule has 6 rings (SSSR count). The molecule has 5 aromatic rings. The lowest BCUT2D eigenvalue weighted by Crippen LogP contribution is -2.30. The summed E-state index contributed by atoms with van der Waals surface area (Å²) in [5.41, 5.74) is 5.48. The van der Waals surface area contributed by atoms with Crippen LogP contribution in [0.1, 0.15) is 56.6 Å². The van der Waals surface area contributed by atoms with Gasteiger partial charge in [-0.25, -0.2) is 4.99 Å². The number of carbonyl (C=O) groups is 1. The molecular weight excluding hydrogens is 612 g/mol. The van der Waals surface area contributed by atoms with Crippen LogP contribution in [0.5, 0.6) is 0 Å². The van der Waals surface area contributed by atoms with Crippen molar-refractivity contribution in [1.29, 1.82) is 0 Å². The molecule has 0 atom stereocenters. The van der Waals surface area contributed by atoms with Gasteiger partial charge in [-0.05, 0) is 87.8 Å². The van der Waals surface area contributed by atoms with Crippen LogP contribution >= 0.6 is 0 Å². The number of nitrogens with zero attached hydrogens (tertiary/aromatic N) is 7. The van der Waals surface area contributed by atoms with E-state index in [0.29, 0.717) is 36.9 Å². The number of anilines is 2. The molecule has 1 aliphatic carbocycles. The Morgan fingerprint density at radius 1 is 1.08 bits per heavy atom. The molecule has 3 heterocycles. The highest BCUT2D eigenvalue weighted by molar-refractivity contribution is 6.02. The van der Waals surface area contributed by atoms with E-state index >= 15 is 0 Å². The number of fused-ring (bicyclic) bond motifs is 2. The van der Waals surface area contributed by atoms with E-state index in [1.807, 2.05) is 87.1 Å². The van der Waals surface area contributed by atoms with Gasteiger partial charge >= 0.3 is 0 Å². The number of aliphatic imine (C=N–C) groups is 1. The van der Waals surface area contributed by atoms with Gasteiger partial charge in [0.05, 0.1) is 11.9 Å². The number of nitrogens with one attached hydrogen (secondary N) is 3. The third-order valence-electron chi connectivity index (χ3n) is 9.07. The lowest BCUT2D eigenvalue weighted by atomic mass is 9.87. The van der Waals surface area contributed by atoms with Gasteiger partial charge in [0.1, 0.15) is 0 Å². The molecule has 0 spiro atoms. The normalized spacial score (nSPS) is 16.9. The highest BCUT2D eigenvalue weighted by atomic mass is 16.1. The summed E-state index contributed by atoms with van der Waals surface area (Å²) >= 11 is 0. The largest absolute Gasteiger partial charge is 0.350 e. The first kappa shape index (κ1) is 33.9. The first-order chi connectivity index (χ1) is 23.8. The van der Waals surface area contributed by atoms with E-state index in [1.54, 1.807) is 10.6 Å². The predicted molar refractivity (Wildman–Crippen MR) is 199 cm³/mol. The van der Waals surface area contributed by atoms with Crippen LogP contribution in [-0.2, 0) is 11.3 Å². The molecule has 3 aromatic heterocycles. The minimum Gasteiger partial charge on any atom is -0.350 e. The number of pyridine rings is 1. The Balaban J connectivity index is 1.25. The van der Waals surface area contributed by atoms with E-state index in [2.05, 4.69) is 47.0 Å². The first-order valence-corrected chi connectivity index (χ1v) is 17.1. The van der Waals surface area contributed by atoms with E-state index in [0.717, 1.165) is 70.2 Å². The molecule has 3 N–H and O–H groups in total. The van der Waals surface area contributed by atoms with Crippen LogP contribution in [0.2, 0.25) is 0 Å². The van der Waals surface area contributed by atoms with Gasteiger partial charge in [0.2, 0.25) is 11.9 Å². The Hall–Kier alpha value is -5.00. The molecule has 0 saturated heterocycles. The summed E-state index contributed by atoms with van der Waals surface area (Å²) < 4.78 is 1.77. The second kappa shape index (κ2) is 15.5. The van der Waals surface area contributed by atoms with Crippen LogP contribution in [0.25, 0.3) is 27.7 Å². The molecule has 1 fully saturated rings. The summed E-state index contributed by atoms with van der Waals surface area (Å²) in [7, 11) is 5.97. The molecule has 254 valence electrons. The Labute approximate surface area is 288 Å². The molecule has 49 heavy (non-hydrogen) atoms. The van der Waals surface area contributed by atoms with Gasteiger partial charge in [0.15, 0.2) is 5.65 Å². The predicted octanol–water partition coefficient (Wildman–Crippen LogP) is 6.61. The molecule has 1 saturated carbocycles. The van der Waals surface area contributed by atoms with Crippen molar-refractivity contribution in [3.63, 3.8) is 0 Å². The fourth-order valence-electron chi connectivity index (χ4n) is 6.30. The fourth-order valence-corrected chi connectivity index (χ4v) is 6.30. The quantitative estimate of drug-likeness (QED) is 0.101. The summed E-state index contributed by atoms with van der Waals surface area (Å²) in [6, 6.07) is 16.7. The first-order valence-electron chi connectivity index (χ1n) is 17.1. The van der Waals surface area contributed by atoms with E-state index in [1.165, 1.54) is 0 Å². The number of rotatable bonds is 12. The van der Waals surface area contributed by atoms with Crippen LogP contribution in [0, 0.1) is 5.92 Å². The second-order valence-corrected chi connectivity index (χ2v) is 13.3. The average Bonchev–Trinajstić information content (AvgIpc) is 3.54. The monoisotopic (exact) mass is 658 g/mol. The maximum absolute atomic E-state index is 12.5. The van der Waals surface area contributed by atoms with Gasteiger partial charge in [0, 0.05) is 59.8 Å². The van der Waals surface area contributed by atoms with Crippen molar-refractivity contribution < 1.29 is 4.79 Å². The van der Waals surface area contributed by atoms with Crippen LogP contribution in [-0.4, -0.2) is 75.3 Å². The van der Waals surface area contributed by atoms with Gasteiger partial charge in [-0.1, -0.05) is 50.3 Å². The Morgan fingerprint density at radius 2 is 1.90 bits per heavy atom. The highest BCUT2D eigenvalue weighted by Gasteiger charge is 2.20. The van der Waals surface area contributed by atoms with Crippen molar-refractivity contribution in [2.75, 3.05) is 38.3 Å². The smallest absolute Gasteiger partial charge is 0.254 e. The van der Waals surface area contributed by atoms with Gasteiger partial charge in [-0.15, -0.1) is 0 Å². The van der Waals surface area contributed by atoms with Gasteiger partial charge in [-0.3, -0.25) is 9.78 Å². The molecule has 11 nitrogen and oxygen atoms in total. The standard InChI is InChI=1S/C38H46N10O/c1-25(2)33-24-43-48-36(33)45-37(41-22-26-12-14-29(39-3)15-13-26)46-38(48)42-23-28-9-6-7-10-31(28)35-32-17-16-30(21-27(32)18-19-40-35)44-34(49)11-8-20-47(4)5/h6-11,16-19,21-22,24-26,29,39H,12-15,20,23H2,1-5H3,(H,44,49)(H,42,45,46)/b11-8+,41-22+. The minimum atomic E-state index is -0.158. The lowest BCUT2D eigenvalue weighted by molar-refractivity contribution is -0.111. The van der Waals surface area contributed by atoms with E-state index in [9.17, 15) is 4.79 Å². The van der Waals surface area contributed by atoms with E-state index in [4.69, 9.17) is 19.9 Å². The number of amides is 1. The van der Waals surface area contributed by atoms with Crippen molar-refractivity contribution in [3.05, 3.63) is 84.2 Å².